The van der Waals surface area contributed by atoms with Gasteiger partial charge < -0.3 is 16.0 Å². The number of nitrogens with two attached hydrogens (primary N) is 1. The lowest BCUT2D eigenvalue weighted by Crippen LogP contribution is -2.35. The first-order valence-electron chi connectivity index (χ1n) is 5.83. The summed E-state index contributed by atoms with van der Waals surface area (Å²) >= 11 is 0. The maximum Gasteiger partial charge on any atom is 0.326 e. The van der Waals surface area contributed by atoms with Gasteiger partial charge in [-0.1, -0.05) is 0 Å². The second-order valence-corrected chi connectivity index (χ2v) is 4.39. The molecule has 0 spiro atoms. The van der Waals surface area contributed by atoms with Crippen molar-refractivity contribution in [1.82, 2.24) is 19.9 Å². The van der Waals surface area contributed by atoms with Gasteiger partial charge in [0, 0.05) is 12.7 Å². The average Bonchev–Trinajstić information content (AvgIpc) is 2.68. The number of fused-ring (bicyclic) bond motifs is 1. The van der Waals surface area contributed by atoms with Crippen LogP contribution in [0.2, 0.25) is 0 Å². The highest BCUT2D eigenvalue weighted by molar-refractivity contribution is 5.84. The number of nitrogens with zero attached hydrogens (tertiary/aromatic N) is 2. The highest BCUT2D eigenvalue weighted by Crippen LogP contribution is 2.22. The first kappa shape index (κ1) is 10.3. The summed E-state index contributed by atoms with van der Waals surface area (Å²) in [7, 11) is 0. The number of pyridine rings is 1. The van der Waals surface area contributed by atoms with Crippen LogP contribution in [0.15, 0.2) is 17.1 Å². The van der Waals surface area contributed by atoms with E-state index in [9.17, 15) is 4.79 Å². The van der Waals surface area contributed by atoms with Gasteiger partial charge in [-0.15, -0.1) is 0 Å². The number of rotatable bonds is 1. The second kappa shape index (κ2) is 3.89. The zero-order valence-electron chi connectivity index (χ0n) is 9.44. The maximum absolute atomic E-state index is 12.0. The highest BCUT2D eigenvalue weighted by Gasteiger charge is 2.20. The maximum atomic E-state index is 12.0. The van der Waals surface area contributed by atoms with E-state index in [-0.39, 0.29) is 11.7 Å². The van der Waals surface area contributed by atoms with Crippen molar-refractivity contribution in [3.05, 3.63) is 22.7 Å². The van der Waals surface area contributed by atoms with Gasteiger partial charge in [0.15, 0.2) is 0 Å². The molecule has 6 heteroatoms. The molecule has 0 bridgehead atoms. The molecule has 1 atom stereocenters. The summed E-state index contributed by atoms with van der Waals surface area (Å²) in [4.78, 5) is 18.9. The van der Waals surface area contributed by atoms with Crippen LogP contribution < -0.4 is 16.7 Å². The molecule has 3 rings (SSSR count). The zero-order chi connectivity index (χ0) is 11.8. The van der Waals surface area contributed by atoms with Crippen molar-refractivity contribution in [2.75, 3.05) is 18.8 Å². The number of H-pyrrole nitrogens is 1. The molecular formula is C11H15N5O. The Balaban J connectivity index is 2.20. The van der Waals surface area contributed by atoms with Crippen molar-refractivity contribution in [2.45, 2.75) is 18.9 Å². The third-order valence-electron chi connectivity index (χ3n) is 3.29. The average molecular weight is 233 g/mol. The van der Waals surface area contributed by atoms with Gasteiger partial charge in [0.1, 0.15) is 11.3 Å². The van der Waals surface area contributed by atoms with Crippen LogP contribution in [-0.2, 0) is 0 Å². The van der Waals surface area contributed by atoms with Crippen molar-refractivity contribution in [3.63, 3.8) is 0 Å². The quantitative estimate of drug-likeness (QED) is 0.658. The first-order valence-corrected chi connectivity index (χ1v) is 5.83. The van der Waals surface area contributed by atoms with E-state index >= 15 is 0 Å². The number of hydrogen-bond acceptors (Lipinski definition) is 4. The zero-order valence-corrected chi connectivity index (χ0v) is 9.44. The fraction of sp³-hybridized carbons (Fsp3) is 0.455. The number of nitrogens with one attached hydrogen (secondary N) is 2. The monoisotopic (exact) mass is 233 g/mol. The van der Waals surface area contributed by atoms with Gasteiger partial charge >= 0.3 is 5.69 Å². The van der Waals surface area contributed by atoms with E-state index in [2.05, 4.69) is 15.3 Å². The van der Waals surface area contributed by atoms with Gasteiger partial charge in [-0.25, -0.2) is 9.78 Å². The van der Waals surface area contributed by atoms with Crippen LogP contribution in [0, 0.1) is 0 Å². The van der Waals surface area contributed by atoms with Crippen LogP contribution in [-0.4, -0.2) is 27.6 Å². The van der Waals surface area contributed by atoms with Crippen LogP contribution in [0.5, 0.6) is 0 Å². The van der Waals surface area contributed by atoms with Crippen molar-refractivity contribution in [3.8, 4) is 0 Å². The minimum absolute atomic E-state index is 0.103. The van der Waals surface area contributed by atoms with Crippen LogP contribution in [0.1, 0.15) is 18.9 Å². The Labute approximate surface area is 97.8 Å². The molecule has 1 fully saturated rings. The van der Waals surface area contributed by atoms with E-state index in [1.54, 1.807) is 16.8 Å². The Morgan fingerprint density at radius 1 is 1.53 bits per heavy atom. The Morgan fingerprint density at radius 3 is 3.18 bits per heavy atom. The van der Waals surface area contributed by atoms with E-state index in [0.29, 0.717) is 5.82 Å². The Bertz CT molecular complexity index is 593. The predicted molar refractivity (Wildman–Crippen MR) is 65.9 cm³/mol. The van der Waals surface area contributed by atoms with E-state index < -0.39 is 0 Å². The van der Waals surface area contributed by atoms with Gasteiger partial charge in [0.05, 0.1) is 11.6 Å². The molecule has 1 aliphatic rings. The molecule has 0 amide bonds. The van der Waals surface area contributed by atoms with E-state index in [0.717, 1.165) is 37.0 Å². The summed E-state index contributed by atoms with van der Waals surface area (Å²) in [6, 6.07) is 1.94. The standard InChI is InChI=1S/C11H15N5O/c12-10-9-8(3-5-14-10)15-11(17)16(9)7-2-1-4-13-6-7/h3,5,7,13H,1-2,4,6H2,(H2,12,14)(H,15,17)/t7-/m1/s1. The van der Waals surface area contributed by atoms with Gasteiger partial charge in [0.2, 0.25) is 0 Å². The van der Waals surface area contributed by atoms with Crippen molar-refractivity contribution >= 4 is 16.9 Å². The predicted octanol–water partition coefficient (Wildman–Crippen LogP) is 0.231. The lowest BCUT2D eigenvalue weighted by atomic mass is 10.1. The molecule has 6 nitrogen and oxygen atoms in total. The Kier molecular flexibility index (Phi) is 2.36. The summed E-state index contributed by atoms with van der Waals surface area (Å²) in [6.07, 6.45) is 3.68. The van der Waals surface area contributed by atoms with E-state index in [4.69, 9.17) is 5.73 Å². The number of piperidine rings is 1. The summed E-state index contributed by atoms with van der Waals surface area (Å²) in [5, 5.41) is 3.30. The molecule has 2 aromatic rings. The summed E-state index contributed by atoms with van der Waals surface area (Å²) in [5.41, 5.74) is 7.25. The minimum Gasteiger partial charge on any atom is -0.382 e. The number of imidazole rings is 1. The normalized spacial score (nSPS) is 20.8. The van der Waals surface area contributed by atoms with Gasteiger partial charge in [-0.05, 0) is 25.5 Å². The smallest absolute Gasteiger partial charge is 0.326 e. The van der Waals surface area contributed by atoms with Crippen LogP contribution in [0.3, 0.4) is 0 Å². The van der Waals surface area contributed by atoms with E-state index in [1.807, 2.05) is 0 Å². The second-order valence-electron chi connectivity index (χ2n) is 4.39. The number of anilines is 1. The molecule has 2 aromatic heterocycles. The van der Waals surface area contributed by atoms with Crippen molar-refractivity contribution < 1.29 is 0 Å². The highest BCUT2D eigenvalue weighted by atomic mass is 16.1. The topological polar surface area (TPSA) is 88.7 Å². The third kappa shape index (κ3) is 1.61. The molecule has 17 heavy (non-hydrogen) atoms. The molecule has 1 aliphatic heterocycles. The fourth-order valence-corrected chi connectivity index (χ4v) is 2.50. The number of aromatic amines is 1. The summed E-state index contributed by atoms with van der Waals surface area (Å²) in [5.74, 6) is 0.409. The summed E-state index contributed by atoms with van der Waals surface area (Å²) < 4.78 is 1.74. The van der Waals surface area contributed by atoms with Gasteiger partial charge in [-0.3, -0.25) is 4.57 Å². The van der Waals surface area contributed by atoms with Crippen LogP contribution in [0.4, 0.5) is 5.82 Å². The lowest BCUT2D eigenvalue weighted by molar-refractivity contribution is 0.372. The Morgan fingerprint density at radius 2 is 2.41 bits per heavy atom. The van der Waals surface area contributed by atoms with Crippen molar-refractivity contribution in [2.24, 2.45) is 0 Å². The third-order valence-corrected chi connectivity index (χ3v) is 3.29. The number of hydrogen-bond donors (Lipinski definition) is 3. The first-order chi connectivity index (χ1) is 8.27. The molecule has 0 radical (unpaired) electrons. The SMILES string of the molecule is Nc1nccc2[nH]c(=O)n([C@@H]3CCCNC3)c12. The minimum atomic E-state index is -0.103. The molecule has 0 aliphatic carbocycles. The van der Waals surface area contributed by atoms with Crippen molar-refractivity contribution in [1.29, 1.82) is 0 Å². The molecule has 90 valence electrons. The van der Waals surface area contributed by atoms with Crippen LogP contribution >= 0.6 is 0 Å². The molecule has 3 heterocycles. The van der Waals surface area contributed by atoms with Gasteiger partial charge in [0.25, 0.3) is 0 Å². The number of nitrogen functional groups attached to an aromatic ring is 1. The Hall–Kier alpha value is -1.82. The largest absolute Gasteiger partial charge is 0.382 e. The molecular weight excluding hydrogens is 218 g/mol. The van der Waals surface area contributed by atoms with Crippen LogP contribution in [0.25, 0.3) is 11.0 Å². The molecule has 0 unspecified atom stereocenters. The molecule has 0 aromatic carbocycles. The molecule has 0 saturated carbocycles. The van der Waals surface area contributed by atoms with Gasteiger partial charge in [-0.2, -0.15) is 0 Å². The lowest BCUT2D eigenvalue weighted by Gasteiger charge is -2.24. The molecule has 4 N–H and O–H groups in total. The number of aromatic nitrogens is 3. The summed E-state index contributed by atoms with van der Waals surface area (Å²) in [6.45, 7) is 1.82. The van der Waals surface area contributed by atoms with E-state index in [1.165, 1.54) is 0 Å². The molecule has 1 saturated heterocycles. The fourth-order valence-electron chi connectivity index (χ4n) is 2.50.